The molecule has 30 heavy (non-hydrogen) atoms. The lowest BCUT2D eigenvalue weighted by molar-refractivity contribution is -0.137. The number of hydrogen-bond acceptors (Lipinski definition) is 3. The van der Waals surface area contributed by atoms with Crippen LogP contribution in [0, 0.1) is 0 Å². The van der Waals surface area contributed by atoms with Crippen LogP contribution in [0.15, 0.2) is 71.6 Å². The zero-order valence-electron chi connectivity index (χ0n) is 15.7. The van der Waals surface area contributed by atoms with Crippen molar-refractivity contribution in [3.63, 3.8) is 0 Å². The minimum atomic E-state index is -4.57. The van der Waals surface area contributed by atoms with Crippen LogP contribution in [0.1, 0.15) is 11.1 Å². The third-order valence-corrected chi connectivity index (χ3v) is 6.08. The molecule has 0 saturated carbocycles. The Balaban J connectivity index is 2.02. The van der Waals surface area contributed by atoms with Gasteiger partial charge in [0, 0.05) is 17.1 Å². The molecule has 0 atom stereocenters. The Bertz CT molecular complexity index is 1150. The molecule has 3 aromatic carbocycles. The first-order valence-corrected chi connectivity index (χ1v) is 10.6. The highest BCUT2D eigenvalue weighted by Gasteiger charge is 2.31. The second kappa shape index (κ2) is 8.67. The fourth-order valence-corrected chi connectivity index (χ4v) is 4.05. The van der Waals surface area contributed by atoms with Gasteiger partial charge in [-0.3, -0.25) is 0 Å². The van der Waals surface area contributed by atoms with Crippen molar-refractivity contribution in [1.82, 2.24) is 4.72 Å². The van der Waals surface area contributed by atoms with Crippen LogP contribution in [0.3, 0.4) is 0 Å². The predicted molar refractivity (Wildman–Crippen MR) is 109 cm³/mol. The second-order valence-electron chi connectivity index (χ2n) is 6.35. The number of alkyl halides is 3. The maximum atomic E-state index is 13.2. The molecule has 0 bridgehead atoms. The molecule has 0 aliphatic carbocycles. The summed E-state index contributed by atoms with van der Waals surface area (Å²) in [5.41, 5.74) is 0.266. The van der Waals surface area contributed by atoms with Gasteiger partial charge in [0.05, 0.1) is 17.6 Å². The van der Waals surface area contributed by atoms with Crippen molar-refractivity contribution in [3.8, 4) is 16.9 Å². The fourth-order valence-electron chi connectivity index (χ4n) is 2.92. The number of nitrogens with one attached hydrogen (secondary N) is 1. The first kappa shape index (κ1) is 22.1. The third-order valence-electron chi connectivity index (χ3n) is 4.41. The van der Waals surface area contributed by atoms with E-state index in [9.17, 15) is 21.6 Å². The molecule has 158 valence electrons. The molecular formula is C21H17ClF3NO3S. The standard InChI is InChI=1S/C21H17ClF3NO3S/c1-29-20-5-3-2-4-19(20)18-11-6-15(21(23,24)25)12-14(18)13-26-30(27,28)17-9-7-16(22)8-10-17/h2-12,26H,13H2,1H3. The van der Waals surface area contributed by atoms with E-state index in [1.165, 1.54) is 37.4 Å². The van der Waals surface area contributed by atoms with Crippen LogP contribution in [-0.2, 0) is 22.7 Å². The van der Waals surface area contributed by atoms with E-state index in [-0.39, 0.29) is 17.0 Å². The SMILES string of the molecule is COc1ccccc1-c1ccc(C(F)(F)F)cc1CNS(=O)(=O)c1ccc(Cl)cc1. The minimum absolute atomic E-state index is 0.0438. The summed E-state index contributed by atoms with van der Waals surface area (Å²) in [6.45, 7) is -0.345. The molecule has 0 saturated heterocycles. The Morgan fingerprint density at radius 3 is 2.27 bits per heavy atom. The topological polar surface area (TPSA) is 55.4 Å². The van der Waals surface area contributed by atoms with Gasteiger partial charge in [0.25, 0.3) is 0 Å². The van der Waals surface area contributed by atoms with E-state index < -0.39 is 21.8 Å². The first-order chi connectivity index (χ1) is 14.1. The number of ether oxygens (including phenoxy) is 1. The van der Waals surface area contributed by atoms with Gasteiger partial charge in [-0.1, -0.05) is 35.9 Å². The molecule has 9 heteroatoms. The van der Waals surface area contributed by atoms with Crippen molar-refractivity contribution in [2.45, 2.75) is 17.6 Å². The van der Waals surface area contributed by atoms with Gasteiger partial charge >= 0.3 is 6.18 Å². The molecule has 0 fully saturated rings. The summed E-state index contributed by atoms with van der Waals surface area (Å²) < 4.78 is 72.5. The minimum Gasteiger partial charge on any atom is -0.496 e. The summed E-state index contributed by atoms with van der Waals surface area (Å²) in [6.07, 6.45) is -4.57. The smallest absolute Gasteiger partial charge is 0.416 e. The van der Waals surface area contributed by atoms with Crippen molar-refractivity contribution in [3.05, 3.63) is 82.9 Å². The molecule has 0 amide bonds. The van der Waals surface area contributed by atoms with Gasteiger partial charge in [-0.2, -0.15) is 13.2 Å². The quantitative estimate of drug-likeness (QED) is 0.533. The number of halogens is 4. The van der Waals surface area contributed by atoms with Crippen LogP contribution >= 0.6 is 11.6 Å². The number of hydrogen-bond donors (Lipinski definition) is 1. The molecule has 3 aromatic rings. The Kier molecular flexibility index (Phi) is 6.40. The van der Waals surface area contributed by atoms with Crippen molar-refractivity contribution in [1.29, 1.82) is 0 Å². The molecular weight excluding hydrogens is 439 g/mol. The second-order valence-corrected chi connectivity index (χ2v) is 8.55. The molecule has 4 nitrogen and oxygen atoms in total. The van der Waals surface area contributed by atoms with Crippen molar-refractivity contribution in [2.75, 3.05) is 7.11 Å². The summed E-state index contributed by atoms with van der Waals surface area (Å²) in [6, 6.07) is 15.5. The highest BCUT2D eigenvalue weighted by Crippen LogP contribution is 2.36. The zero-order chi connectivity index (χ0) is 21.9. The molecule has 0 spiro atoms. The van der Waals surface area contributed by atoms with Crippen LogP contribution in [0.2, 0.25) is 5.02 Å². The average Bonchev–Trinajstić information content (AvgIpc) is 2.72. The van der Waals surface area contributed by atoms with Crippen LogP contribution in [-0.4, -0.2) is 15.5 Å². The average molecular weight is 456 g/mol. The Hall–Kier alpha value is -2.55. The molecule has 0 aliphatic heterocycles. The highest BCUT2D eigenvalue weighted by molar-refractivity contribution is 7.89. The highest BCUT2D eigenvalue weighted by atomic mass is 35.5. The van der Waals surface area contributed by atoms with Gasteiger partial charge in [0.1, 0.15) is 5.75 Å². The summed E-state index contributed by atoms with van der Waals surface area (Å²) in [7, 11) is -2.51. The molecule has 0 heterocycles. The summed E-state index contributed by atoms with van der Waals surface area (Å²) in [4.78, 5) is -0.0438. The molecule has 3 rings (SSSR count). The van der Waals surface area contributed by atoms with Gasteiger partial charge in [-0.15, -0.1) is 0 Å². The van der Waals surface area contributed by atoms with Gasteiger partial charge < -0.3 is 4.74 Å². The summed E-state index contributed by atoms with van der Waals surface area (Å²) in [5, 5.41) is 0.366. The van der Waals surface area contributed by atoms with Crippen molar-refractivity contribution in [2.24, 2.45) is 0 Å². The lowest BCUT2D eigenvalue weighted by Gasteiger charge is -2.16. The molecule has 0 radical (unpaired) electrons. The molecule has 1 N–H and O–H groups in total. The number of methoxy groups -OCH3 is 1. The number of sulfonamides is 1. The van der Waals surface area contributed by atoms with E-state index in [1.807, 2.05) is 0 Å². The van der Waals surface area contributed by atoms with Crippen LogP contribution < -0.4 is 9.46 Å². The van der Waals surface area contributed by atoms with Gasteiger partial charge in [-0.05, 0) is 53.6 Å². The largest absolute Gasteiger partial charge is 0.496 e. The number of rotatable bonds is 6. The zero-order valence-corrected chi connectivity index (χ0v) is 17.3. The summed E-state index contributed by atoms with van der Waals surface area (Å²) in [5.74, 6) is 0.457. The van der Waals surface area contributed by atoms with Crippen LogP contribution in [0.25, 0.3) is 11.1 Å². The Morgan fingerprint density at radius 2 is 1.63 bits per heavy atom. The molecule has 0 unspecified atom stereocenters. The predicted octanol–water partition coefficient (Wildman–Crippen LogP) is 5.51. The first-order valence-electron chi connectivity index (χ1n) is 8.70. The van der Waals surface area contributed by atoms with Gasteiger partial charge in [-0.25, -0.2) is 13.1 Å². The maximum Gasteiger partial charge on any atom is 0.416 e. The van der Waals surface area contributed by atoms with E-state index in [0.29, 0.717) is 21.9 Å². The van der Waals surface area contributed by atoms with E-state index in [0.717, 1.165) is 12.1 Å². The van der Waals surface area contributed by atoms with Gasteiger partial charge in [0.2, 0.25) is 10.0 Å². The molecule has 0 aliphatic rings. The van der Waals surface area contributed by atoms with Gasteiger partial charge in [0.15, 0.2) is 0 Å². The van der Waals surface area contributed by atoms with E-state index in [4.69, 9.17) is 16.3 Å². The Morgan fingerprint density at radius 1 is 0.967 bits per heavy atom. The number of benzene rings is 3. The van der Waals surface area contributed by atoms with E-state index >= 15 is 0 Å². The lowest BCUT2D eigenvalue weighted by atomic mass is 9.96. The summed E-state index contributed by atoms with van der Waals surface area (Å²) >= 11 is 5.78. The Labute approximate surface area is 177 Å². The normalized spacial score (nSPS) is 12.0. The monoisotopic (exact) mass is 455 g/mol. The van der Waals surface area contributed by atoms with E-state index in [2.05, 4.69) is 4.72 Å². The third kappa shape index (κ3) is 4.95. The van der Waals surface area contributed by atoms with Crippen LogP contribution in [0.4, 0.5) is 13.2 Å². The maximum absolute atomic E-state index is 13.2. The van der Waals surface area contributed by atoms with Crippen LogP contribution in [0.5, 0.6) is 5.75 Å². The molecule has 0 aromatic heterocycles. The number of para-hydroxylation sites is 1. The van der Waals surface area contributed by atoms with Crippen molar-refractivity contribution >= 4 is 21.6 Å². The van der Waals surface area contributed by atoms with E-state index in [1.54, 1.807) is 24.3 Å². The van der Waals surface area contributed by atoms with Crippen molar-refractivity contribution < 1.29 is 26.3 Å². The lowest BCUT2D eigenvalue weighted by Crippen LogP contribution is -2.23. The fraction of sp³-hybridized carbons (Fsp3) is 0.143.